The first-order valence-electron chi connectivity index (χ1n) is 6.21. The van der Waals surface area contributed by atoms with Crippen LogP contribution in [0, 0.1) is 0 Å². The summed E-state index contributed by atoms with van der Waals surface area (Å²) in [6.45, 7) is 1.16. The average molecular weight is 242 g/mol. The van der Waals surface area contributed by atoms with Crippen LogP contribution in [0.4, 0.5) is 0 Å². The highest BCUT2D eigenvalue weighted by molar-refractivity contribution is 5.17. The van der Waals surface area contributed by atoms with E-state index in [1.54, 1.807) is 0 Å². The van der Waals surface area contributed by atoms with Crippen LogP contribution < -0.4 is 0 Å². The van der Waals surface area contributed by atoms with Crippen molar-refractivity contribution >= 4 is 0 Å². The third-order valence-electron chi connectivity index (χ3n) is 2.83. The molecule has 0 radical (unpaired) electrons. The molecule has 94 valence electrons. The normalized spacial score (nSPS) is 12.3. The number of aliphatic hydroxyl groups excluding tert-OH is 1. The van der Waals surface area contributed by atoms with Gasteiger partial charge in [-0.05, 0) is 11.1 Å². The summed E-state index contributed by atoms with van der Waals surface area (Å²) in [5.41, 5.74) is 2.10. The lowest BCUT2D eigenvalue weighted by Gasteiger charge is -2.11. The fraction of sp³-hybridized carbons (Fsp3) is 0.250. The zero-order valence-corrected chi connectivity index (χ0v) is 10.3. The minimum atomic E-state index is -0.443. The fourth-order valence-corrected chi connectivity index (χ4v) is 1.80. The second-order valence-electron chi connectivity index (χ2n) is 4.25. The van der Waals surface area contributed by atoms with E-state index in [4.69, 9.17) is 4.74 Å². The van der Waals surface area contributed by atoms with Crippen molar-refractivity contribution in [1.82, 2.24) is 0 Å². The zero-order chi connectivity index (χ0) is 12.6. The first-order chi connectivity index (χ1) is 8.86. The molecule has 18 heavy (non-hydrogen) atoms. The van der Waals surface area contributed by atoms with E-state index in [9.17, 15) is 5.11 Å². The molecule has 0 aliphatic rings. The highest BCUT2D eigenvalue weighted by atomic mass is 16.5. The molecule has 0 bridgehead atoms. The number of benzene rings is 2. The van der Waals surface area contributed by atoms with Gasteiger partial charge in [0.05, 0.1) is 12.7 Å². The number of rotatable bonds is 6. The Bertz CT molecular complexity index is 439. The molecule has 0 amide bonds. The minimum Gasteiger partial charge on any atom is -0.388 e. The topological polar surface area (TPSA) is 29.5 Å². The molecule has 0 aliphatic carbocycles. The Morgan fingerprint density at radius 3 is 2.17 bits per heavy atom. The van der Waals surface area contributed by atoms with Crippen molar-refractivity contribution in [2.45, 2.75) is 19.1 Å². The Morgan fingerprint density at radius 2 is 1.50 bits per heavy atom. The van der Waals surface area contributed by atoms with Crippen LogP contribution in [0.25, 0.3) is 0 Å². The highest BCUT2D eigenvalue weighted by Crippen LogP contribution is 2.15. The smallest absolute Gasteiger partial charge is 0.0812 e. The number of hydrogen-bond acceptors (Lipinski definition) is 2. The van der Waals surface area contributed by atoms with Crippen LogP contribution >= 0.6 is 0 Å². The van der Waals surface area contributed by atoms with Crippen molar-refractivity contribution in [1.29, 1.82) is 0 Å². The summed E-state index contributed by atoms with van der Waals surface area (Å²) in [4.78, 5) is 0. The first-order valence-corrected chi connectivity index (χ1v) is 6.21. The van der Waals surface area contributed by atoms with Crippen LogP contribution in [0.5, 0.6) is 0 Å². The summed E-state index contributed by atoms with van der Waals surface area (Å²) in [5, 5.41) is 9.94. The van der Waals surface area contributed by atoms with Gasteiger partial charge in [-0.15, -0.1) is 0 Å². The van der Waals surface area contributed by atoms with E-state index in [-0.39, 0.29) is 0 Å². The van der Waals surface area contributed by atoms with Crippen LogP contribution in [0.2, 0.25) is 0 Å². The molecule has 0 heterocycles. The van der Waals surface area contributed by atoms with Crippen molar-refractivity contribution in [3.63, 3.8) is 0 Å². The third-order valence-corrected chi connectivity index (χ3v) is 2.83. The van der Waals surface area contributed by atoms with Crippen molar-refractivity contribution in [3.05, 3.63) is 71.8 Å². The Hall–Kier alpha value is -1.64. The molecule has 2 nitrogen and oxygen atoms in total. The second kappa shape index (κ2) is 6.94. The van der Waals surface area contributed by atoms with E-state index >= 15 is 0 Å². The monoisotopic (exact) mass is 242 g/mol. The first kappa shape index (κ1) is 12.8. The molecule has 2 aromatic carbocycles. The van der Waals surface area contributed by atoms with Gasteiger partial charge in [0.15, 0.2) is 0 Å². The fourth-order valence-electron chi connectivity index (χ4n) is 1.80. The molecule has 0 saturated carbocycles. The summed E-state index contributed by atoms with van der Waals surface area (Å²) in [6.07, 6.45) is 0.179. The predicted molar refractivity (Wildman–Crippen MR) is 72.1 cm³/mol. The maximum absolute atomic E-state index is 9.94. The van der Waals surface area contributed by atoms with Crippen molar-refractivity contribution in [2.75, 3.05) is 6.61 Å². The summed E-state index contributed by atoms with van der Waals surface area (Å²) >= 11 is 0. The molecule has 0 spiro atoms. The van der Waals surface area contributed by atoms with Crippen LogP contribution in [0.15, 0.2) is 60.7 Å². The molecule has 0 fully saturated rings. The van der Waals surface area contributed by atoms with Crippen LogP contribution in [-0.4, -0.2) is 11.7 Å². The largest absolute Gasteiger partial charge is 0.388 e. The van der Waals surface area contributed by atoms with Gasteiger partial charge in [0, 0.05) is 13.0 Å². The van der Waals surface area contributed by atoms with Crippen LogP contribution in [0.3, 0.4) is 0 Å². The van der Waals surface area contributed by atoms with E-state index in [1.165, 1.54) is 0 Å². The number of ether oxygens (including phenoxy) is 1. The van der Waals surface area contributed by atoms with Crippen LogP contribution in [0.1, 0.15) is 23.7 Å². The minimum absolute atomic E-state index is 0.443. The molecule has 0 unspecified atom stereocenters. The van der Waals surface area contributed by atoms with Gasteiger partial charge in [-0.2, -0.15) is 0 Å². The Kier molecular flexibility index (Phi) is 4.94. The molecule has 2 heteroatoms. The van der Waals surface area contributed by atoms with E-state index in [0.717, 1.165) is 11.1 Å². The second-order valence-corrected chi connectivity index (χ2v) is 4.25. The lowest BCUT2D eigenvalue weighted by molar-refractivity contribution is 0.0733. The molecular formula is C16H18O2. The lowest BCUT2D eigenvalue weighted by Crippen LogP contribution is -2.03. The van der Waals surface area contributed by atoms with Crippen LogP contribution in [-0.2, 0) is 11.3 Å². The molecule has 2 rings (SSSR count). The number of aliphatic hydroxyl groups is 1. The molecule has 1 atom stereocenters. The van der Waals surface area contributed by atoms with E-state index in [1.807, 2.05) is 60.7 Å². The van der Waals surface area contributed by atoms with E-state index in [0.29, 0.717) is 19.6 Å². The van der Waals surface area contributed by atoms with E-state index < -0.39 is 6.10 Å². The van der Waals surface area contributed by atoms with Gasteiger partial charge in [-0.3, -0.25) is 0 Å². The quantitative estimate of drug-likeness (QED) is 0.787. The Balaban J connectivity index is 1.70. The number of hydrogen-bond donors (Lipinski definition) is 1. The van der Waals surface area contributed by atoms with Gasteiger partial charge in [0.1, 0.15) is 0 Å². The van der Waals surface area contributed by atoms with Gasteiger partial charge in [-0.25, -0.2) is 0 Å². The van der Waals surface area contributed by atoms with Gasteiger partial charge < -0.3 is 9.84 Å². The Morgan fingerprint density at radius 1 is 0.889 bits per heavy atom. The molecule has 0 saturated heterocycles. The van der Waals surface area contributed by atoms with Gasteiger partial charge in [0.25, 0.3) is 0 Å². The van der Waals surface area contributed by atoms with Gasteiger partial charge in [-0.1, -0.05) is 60.7 Å². The SMILES string of the molecule is O[C@H](CCOCc1ccccc1)c1ccccc1. The standard InChI is InChI=1S/C16H18O2/c17-16(15-9-5-2-6-10-15)11-12-18-13-14-7-3-1-4-8-14/h1-10,16-17H,11-13H2/t16-/m1/s1. The van der Waals surface area contributed by atoms with Crippen molar-refractivity contribution in [3.8, 4) is 0 Å². The maximum Gasteiger partial charge on any atom is 0.0812 e. The van der Waals surface area contributed by atoms with Gasteiger partial charge >= 0.3 is 0 Å². The lowest BCUT2D eigenvalue weighted by atomic mass is 10.1. The summed E-state index contributed by atoms with van der Waals surface area (Å²) in [6, 6.07) is 19.7. The summed E-state index contributed by atoms with van der Waals surface area (Å²) < 4.78 is 5.55. The molecule has 2 aromatic rings. The predicted octanol–water partition coefficient (Wildman–Crippen LogP) is 3.33. The molecule has 1 N–H and O–H groups in total. The van der Waals surface area contributed by atoms with Crippen molar-refractivity contribution in [2.24, 2.45) is 0 Å². The molecular weight excluding hydrogens is 224 g/mol. The maximum atomic E-state index is 9.94. The third kappa shape index (κ3) is 3.99. The van der Waals surface area contributed by atoms with Crippen molar-refractivity contribution < 1.29 is 9.84 Å². The zero-order valence-electron chi connectivity index (χ0n) is 10.3. The molecule has 0 aliphatic heterocycles. The summed E-state index contributed by atoms with van der Waals surface area (Å²) in [5.74, 6) is 0. The highest BCUT2D eigenvalue weighted by Gasteiger charge is 2.06. The summed E-state index contributed by atoms with van der Waals surface area (Å²) in [7, 11) is 0. The van der Waals surface area contributed by atoms with Gasteiger partial charge in [0.2, 0.25) is 0 Å². The molecule has 0 aromatic heterocycles. The van der Waals surface area contributed by atoms with E-state index in [2.05, 4.69) is 0 Å². The Labute approximate surface area is 108 Å². The average Bonchev–Trinajstić information content (AvgIpc) is 2.45.